The first kappa shape index (κ1) is 29.1. The molecular formula is C47H28N4S. The Balaban J connectivity index is 1.27. The van der Waals surface area contributed by atoms with Crippen LogP contribution in [-0.4, -0.2) is 19.5 Å². The zero-order valence-corrected chi connectivity index (χ0v) is 28.7. The predicted octanol–water partition coefficient (Wildman–Crippen LogP) is 12.6. The number of benzene rings is 8. The first-order chi connectivity index (χ1) is 25.8. The Morgan fingerprint density at radius 2 is 0.981 bits per heavy atom. The Morgan fingerprint density at radius 3 is 1.69 bits per heavy atom. The highest BCUT2D eigenvalue weighted by Gasteiger charge is 2.23. The van der Waals surface area contributed by atoms with Crippen LogP contribution in [0.2, 0.25) is 0 Å². The maximum Gasteiger partial charge on any atom is 0.164 e. The van der Waals surface area contributed by atoms with Crippen LogP contribution in [0.25, 0.3) is 103 Å². The number of hydrogen-bond donors (Lipinski definition) is 0. The lowest BCUT2D eigenvalue weighted by Gasteiger charge is -2.11. The first-order valence-corrected chi connectivity index (χ1v) is 18.3. The van der Waals surface area contributed by atoms with Crippen molar-refractivity contribution in [2.75, 3.05) is 0 Å². The van der Waals surface area contributed by atoms with Crippen LogP contribution in [0.5, 0.6) is 0 Å². The summed E-state index contributed by atoms with van der Waals surface area (Å²) in [5.74, 6) is 1.95. The van der Waals surface area contributed by atoms with Crippen molar-refractivity contribution in [1.29, 1.82) is 0 Å². The van der Waals surface area contributed by atoms with Crippen molar-refractivity contribution in [3.8, 4) is 39.9 Å². The van der Waals surface area contributed by atoms with Gasteiger partial charge >= 0.3 is 0 Å². The standard InChI is InChI=1S/C47H28N4S/c1-3-14-30(15-4-1)45-48-46(31-16-5-2-6-17-31)50-47(49-45)33-24-26-39-38(28-33)41-35-19-9-10-20-36(35)42-37-21-11-12-22-40(37)52-44(42)43(41)51(39)34-25-23-29-13-7-8-18-32(29)27-34/h1-28H. The molecule has 5 heteroatoms. The van der Waals surface area contributed by atoms with Crippen LogP contribution in [0.3, 0.4) is 0 Å². The van der Waals surface area contributed by atoms with E-state index in [1.807, 2.05) is 47.7 Å². The molecule has 0 unspecified atom stereocenters. The van der Waals surface area contributed by atoms with Gasteiger partial charge in [0.25, 0.3) is 0 Å². The van der Waals surface area contributed by atoms with Crippen LogP contribution in [0, 0.1) is 0 Å². The van der Waals surface area contributed by atoms with Crippen molar-refractivity contribution in [3.05, 3.63) is 170 Å². The molecule has 0 aliphatic rings. The van der Waals surface area contributed by atoms with Crippen LogP contribution in [0.4, 0.5) is 0 Å². The molecule has 11 aromatic rings. The van der Waals surface area contributed by atoms with Gasteiger partial charge < -0.3 is 4.57 Å². The lowest BCUT2D eigenvalue weighted by Crippen LogP contribution is -2.00. The third-order valence-electron chi connectivity index (χ3n) is 10.2. The van der Waals surface area contributed by atoms with Gasteiger partial charge in [0.2, 0.25) is 0 Å². The van der Waals surface area contributed by atoms with Gasteiger partial charge in [0, 0.05) is 48.6 Å². The first-order valence-electron chi connectivity index (χ1n) is 17.5. The molecule has 0 N–H and O–H groups in total. The maximum absolute atomic E-state index is 5.10. The minimum Gasteiger partial charge on any atom is -0.308 e. The second-order valence-corrected chi connectivity index (χ2v) is 14.3. The summed E-state index contributed by atoms with van der Waals surface area (Å²) >= 11 is 1.88. The van der Waals surface area contributed by atoms with E-state index in [-0.39, 0.29) is 0 Å². The Morgan fingerprint density at radius 1 is 0.404 bits per heavy atom. The van der Waals surface area contributed by atoms with Crippen molar-refractivity contribution in [3.63, 3.8) is 0 Å². The summed E-state index contributed by atoms with van der Waals surface area (Å²) in [6.45, 7) is 0. The quantitative estimate of drug-likeness (QED) is 0.186. The molecule has 0 amide bonds. The minimum absolute atomic E-state index is 0.647. The summed E-state index contributed by atoms with van der Waals surface area (Å²) in [6, 6.07) is 60.1. The molecule has 3 aromatic heterocycles. The molecule has 0 fully saturated rings. The van der Waals surface area contributed by atoms with Gasteiger partial charge in [-0.05, 0) is 57.9 Å². The summed E-state index contributed by atoms with van der Waals surface area (Å²) in [5.41, 5.74) is 6.36. The van der Waals surface area contributed by atoms with Crippen molar-refractivity contribution in [2.24, 2.45) is 0 Å². The number of nitrogens with zero attached hydrogens (tertiary/aromatic N) is 4. The van der Waals surface area contributed by atoms with E-state index in [4.69, 9.17) is 15.0 Å². The average Bonchev–Trinajstić information content (AvgIpc) is 3.78. The molecule has 3 heterocycles. The molecule has 242 valence electrons. The zero-order valence-electron chi connectivity index (χ0n) is 27.9. The second kappa shape index (κ2) is 11.4. The maximum atomic E-state index is 5.10. The molecule has 0 aliphatic heterocycles. The van der Waals surface area contributed by atoms with E-state index >= 15 is 0 Å². The fraction of sp³-hybridized carbons (Fsp3) is 0. The monoisotopic (exact) mass is 680 g/mol. The summed E-state index contributed by atoms with van der Waals surface area (Å²) in [4.78, 5) is 15.2. The number of hydrogen-bond acceptors (Lipinski definition) is 4. The SMILES string of the molecule is c1ccc(-c2nc(-c3ccccc3)nc(-c3ccc4c(c3)c3c5ccccc5c5c6ccccc6sc5c3n4-c3ccc4ccccc4c3)n2)cc1. The zero-order chi connectivity index (χ0) is 34.2. The topological polar surface area (TPSA) is 43.6 Å². The van der Waals surface area contributed by atoms with Gasteiger partial charge in [-0.2, -0.15) is 0 Å². The van der Waals surface area contributed by atoms with Crippen LogP contribution < -0.4 is 0 Å². The Labute approximate surface area is 302 Å². The third-order valence-corrected chi connectivity index (χ3v) is 11.4. The molecule has 4 nitrogen and oxygen atoms in total. The molecule has 0 radical (unpaired) electrons. The summed E-state index contributed by atoms with van der Waals surface area (Å²) in [7, 11) is 0. The molecule has 52 heavy (non-hydrogen) atoms. The molecule has 0 saturated heterocycles. The summed E-state index contributed by atoms with van der Waals surface area (Å²) < 4.78 is 5.06. The third kappa shape index (κ3) is 4.43. The fourth-order valence-corrected chi connectivity index (χ4v) is 9.10. The van der Waals surface area contributed by atoms with Crippen LogP contribution in [0.1, 0.15) is 0 Å². The van der Waals surface area contributed by atoms with Crippen molar-refractivity contribution in [1.82, 2.24) is 19.5 Å². The lowest BCUT2D eigenvalue weighted by molar-refractivity contribution is 1.07. The van der Waals surface area contributed by atoms with Gasteiger partial charge in [-0.3, -0.25) is 0 Å². The van der Waals surface area contributed by atoms with E-state index in [2.05, 4.69) is 138 Å². The van der Waals surface area contributed by atoms with E-state index in [1.54, 1.807) is 0 Å². The number of fused-ring (bicyclic) bond motifs is 11. The van der Waals surface area contributed by atoms with Crippen LogP contribution in [-0.2, 0) is 0 Å². The Hall–Kier alpha value is -6.69. The largest absolute Gasteiger partial charge is 0.308 e. The lowest BCUT2D eigenvalue weighted by atomic mass is 9.98. The average molecular weight is 681 g/mol. The van der Waals surface area contributed by atoms with Crippen molar-refractivity contribution < 1.29 is 0 Å². The van der Waals surface area contributed by atoms with Gasteiger partial charge in [0.05, 0.1) is 15.7 Å². The molecule has 11 rings (SSSR count). The molecule has 0 saturated carbocycles. The van der Waals surface area contributed by atoms with E-state index in [9.17, 15) is 0 Å². The molecule has 0 aliphatic carbocycles. The highest BCUT2D eigenvalue weighted by Crippen LogP contribution is 2.48. The molecule has 0 atom stereocenters. The van der Waals surface area contributed by atoms with Gasteiger partial charge in [-0.15, -0.1) is 11.3 Å². The predicted molar refractivity (Wildman–Crippen MR) is 218 cm³/mol. The molecular weight excluding hydrogens is 653 g/mol. The van der Waals surface area contributed by atoms with E-state index < -0.39 is 0 Å². The fourth-order valence-electron chi connectivity index (χ4n) is 7.84. The van der Waals surface area contributed by atoms with Gasteiger partial charge in [-0.25, -0.2) is 15.0 Å². The smallest absolute Gasteiger partial charge is 0.164 e. The summed E-state index contributed by atoms with van der Waals surface area (Å²) in [5, 5.41) is 9.95. The molecule has 0 spiro atoms. The minimum atomic E-state index is 0.647. The second-order valence-electron chi connectivity index (χ2n) is 13.2. The number of rotatable bonds is 4. The number of aromatic nitrogens is 4. The van der Waals surface area contributed by atoms with Gasteiger partial charge in [0.15, 0.2) is 17.5 Å². The normalized spacial score (nSPS) is 11.8. The van der Waals surface area contributed by atoms with Crippen LogP contribution >= 0.6 is 11.3 Å². The molecule has 0 bridgehead atoms. The van der Waals surface area contributed by atoms with E-state index in [1.165, 1.54) is 58.0 Å². The van der Waals surface area contributed by atoms with Gasteiger partial charge in [0.1, 0.15) is 0 Å². The highest BCUT2D eigenvalue weighted by molar-refractivity contribution is 7.27. The molecule has 8 aromatic carbocycles. The summed E-state index contributed by atoms with van der Waals surface area (Å²) in [6.07, 6.45) is 0. The van der Waals surface area contributed by atoms with E-state index in [0.29, 0.717) is 17.5 Å². The van der Waals surface area contributed by atoms with Crippen molar-refractivity contribution in [2.45, 2.75) is 0 Å². The number of thiophene rings is 1. The van der Waals surface area contributed by atoms with Crippen LogP contribution in [0.15, 0.2) is 170 Å². The highest BCUT2D eigenvalue weighted by atomic mass is 32.1. The Kier molecular flexibility index (Phi) is 6.39. The Bertz CT molecular complexity index is 3120. The van der Waals surface area contributed by atoms with Gasteiger partial charge in [-0.1, -0.05) is 133 Å². The van der Waals surface area contributed by atoms with E-state index in [0.717, 1.165) is 27.9 Å². The van der Waals surface area contributed by atoms with Crippen molar-refractivity contribution >= 4 is 74.9 Å².